The smallest absolute Gasteiger partial charge is 0.267 e. The number of aromatic nitrogens is 4. The van der Waals surface area contributed by atoms with Gasteiger partial charge in [0.25, 0.3) is 11.1 Å². The van der Waals surface area contributed by atoms with Crippen molar-refractivity contribution in [2.75, 3.05) is 0 Å². The fourth-order valence-corrected chi connectivity index (χ4v) is 2.63. The second kappa shape index (κ2) is 7.57. The average Bonchev–Trinajstić information content (AvgIpc) is 3.19. The van der Waals surface area contributed by atoms with Crippen LogP contribution in [0.4, 0.5) is 0 Å². The van der Waals surface area contributed by atoms with Crippen molar-refractivity contribution >= 4 is 0 Å². The Morgan fingerprint density at radius 1 is 0.538 bits per heavy atom. The first kappa shape index (κ1) is 17.3. The van der Waals surface area contributed by atoms with Crippen molar-refractivity contribution < 1.29 is 0 Å². The van der Waals surface area contributed by atoms with Crippen LogP contribution in [-0.4, -0.2) is 20.4 Å². The van der Waals surface area contributed by atoms with Crippen LogP contribution in [0, 0.1) is 13.8 Å². The van der Waals surface area contributed by atoms with Crippen LogP contribution in [0.25, 0.3) is 22.5 Å². The number of nitrogens with one attached hydrogen (secondary N) is 4. The molecular formula is C20H20N4O2. The highest BCUT2D eigenvalue weighted by Crippen LogP contribution is 2.17. The van der Waals surface area contributed by atoms with Gasteiger partial charge in [0.15, 0.2) is 0 Å². The third kappa shape index (κ3) is 3.59. The molecule has 2 heterocycles. The molecule has 0 aliphatic carbocycles. The van der Waals surface area contributed by atoms with Crippen LogP contribution < -0.4 is 11.1 Å². The Hall–Kier alpha value is -3.54. The molecule has 0 amide bonds. The van der Waals surface area contributed by atoms with Crippen molar-refractivity contribution in [2.24, 2.45) is 0 Å². The monoisotopic (exact) mass is 348 g/mol. The highest BCUT2D eigenvalue weighted by atomic mass is 16.1. The predicted molar refractivity (Wildman–Crippen MR) is 103 cm³/mol. The van der Waals surface area contributed by atoms with E-state index in [0.29, 0.717) is 0 Å². The zero-order valence-electron chi connectivity index (χ0n) is 14.6. The third-order valence-electron chi connectivity index (χ3n) is 4.16. The van der Waals surface area contributed by atoms with Gasteiger partial charge >= 0.3 is 0 Å². The molecule has 0 atom stereocenters. The summed E-state index contributed by atoms with van der Waals surface area (Å²) in [6.07, 6.45) is 0. The van der Waals surface area contributed by atoms with Crippen molar-refractivity contribution in [3.63, 3.8) is 0 Å². The van der Waals surface area contributed by atoms with Crippen LogP contribution in [0.2, 0.25) is 0 Å². The summed E-state index contributed by atoms with van der Waals surface area (Å²) in [7, 11) is 0. The first-order chi connectivity index (χ1) is 12.6. The molecule has 0 saturated carbocycles. The summed E-state index contributed by atoms with van der Waals surface area (Å²) in [5, 5.41) is 10.8. The molecule has 0 unspecified atom stereocenters. The molecule has 4 rings (SSSR count). The van der Waals surface area contributed by atoms with Gasteiger partial charge in [0.05, 0.1) is 11.4 Å². The standard InChI is InChI=1S/2C10H10N2O/c2*1-7-9(11-12-10(7)13)8-5-3-2-4-6-8/h2*2-6H,1H3,(H2,11,12,13). The molecule has 0 bridgehead atoms. The van der Waals surface area contributed by atoms with Crippen molar-refractivity contribution in [1.82, 2.24) is 20.4 Å². The molecule has 0 aliphatic heterocycles. The van der Waals surface area contributed by atoms with E-state index in [-0.39, 0.29) is 11.1 Å². The highest BCUT2D eigenvalue weighted by Gasteiger charge is 2.06. The lowest BCUT2D eigenvalue weighted by Crippen LogP contribution is -2.00. The lowest BCUT2D eigenvalue weighted by atomic mass is 10.1. The van der Waals surface area contributed by atoms with Gasteiger partial charge in [0.1, 0.15) is 0 Å². The molecular weight excluding hydrogens is 328 g/mol. The van der Waals surface area contributed by atoms with Crippen molar-refractivity contribution in [1.29, 1.82) is 0 Å². The molecule has 132 valence electrons. The summed E-state index contributed by atoms with van der Waals surface area (Å²) in [5.74, 6) is 0. The molecule has 2 aromatic heterocycles. The van der Waals surface area contributed by atoms with Gasteiger partial charge in [-0.25, -0.2) is 0 Å². The molecule has 4 aromatic rings. The molecule has 0 spiro atoms. The number of H-pyrrole nitrogens is 4. The third-order valence-corrected chi connectivity index (χ3v) is 4.16. The Morgan fingerprint density at radius 2 is 0.885 bits per heavy atom. The summed E-state index contributed by atoms with van der Waals surface area (Å²) >= 11 is 0. The Labute approximate surface area is 149 Å². The van der Waals surface area contributed by atoms with Gasteiger partial charge in [-0.05, 0) is 25.0 Å². The minimum atomic E-state index is -0.0566. The van der Waals surface area contributed by atoms with E-state index in [2.05, 4.69) is 20.4 Å². The van der Waals surface area contributed by atoms with Gasteiger partial charge in [0, 0.05) is 11.1 Å². The van der Waals surface area contributed by atoms with Crippen LogP contribution in [0.1, 0.15) is 11.1 Å². The van der Waals surface area contributed by atoms with Gasteiger partial charge in [-0.15, -0.1) is 0 Å². The summed E-state index contributed by atoms with van der Waals surface area (Å²) in [6.45, 7) is 3.61. The number of hydrogen-bond acceptors (Lipinski definition) is 2. The zero-order chi connectivity index (χ0) is 18.5. The number of aromatic amines is 4. The summed E-state index contributed by atoms with van der Waals surface area (Å²) in [5.41, 5.74) is 5.13. The van der Waals surface area contributed by atoms with E-state index in [9.17, 15) is 9.59 Å². The predicted octanol–water partition coefficient (Wildman–Crippen LogP) is 3.36. The van der Waals surface area contributed by atoms with Gasteiger partial charge in [-0.3, -0.25) is 30.0 Å². The first-order valence-electron chi connectivity index (χ1n) is 8.23. The van der Waals surface area contributed by atoms with Crippen LogP contribution in [0.3, 0.4) is 0 Å². The normalized spacial score (nSPS) is 10.2. The number of hydrogen-bond donors (Lipinski definition) is 4. The van der Waals surface area contributed by atoms with Crippen molar-refractivity contribution in [3.8, 4) is 22.5 Å². The molecule has 26 heavy (non-hydrogen) atoms. The van der Waals surface area contributed by atoms with Crippen LogP contribution in [0.15, 0.2) is 70.3 Å². The lowest BCUT2D eigenvalue weighted by molar-refractivity contribution is 1.06. The maximum atomic E-state index is 11.1. The van der Waals surface area contributed by atoms with Gasteiger partial charge in [-0.2, -0.15) is 0 Å². The van der Waals surface area contributed by atoms with Gasteiger partial charge in [0.2, 0.25) is 0 Å². The van der Waals surface area contributed by atoms with E-state index in [1.54, 1.807) is 13.8 Å². The lowest BCUT2D eigenvalue weighted by Gasteiger charge is -1.96. The largest absolute Gasteiger partial charge is 0.297 e. The number of benzene rings is 2. The fraction of sp³-hybridized carbons (Fsp3) is 0.100. The molecule has 4 N–H and O–H groups in total. The number of rotatable bonds is 2. The maximum absolute atomic E-state index is 11.1. The Balaban J connectivity index is 0.000000151. The van der Waals surface area contributed by atoms with Crippen molar-refractivity contribution in [3.05, 3.63) is 92.5 Å². The van der Waals surface area contributed by atoms with E-state index < -0.39 is 0 Å². The first-order valence-corrected chi connectivity index (χ1v) is 8.23. The maximum Gasteiger partial charge on any atom is 0.267 e. The molecule has 0 saturated heterocycles. The van der Waals surface area contributed by atoms with Gasteiger partial charge in [-0.1, -0.05) is 60.7 Å². The molecule has 0 radical (unpaired) electrons. The SMILES string of the molecule is Cc1c(-c2ccccc2)[nH][nH]c1=O.Cc1c(-c2ccccc2)[nH][nH]c1=O. The minimum Gasteiger partial charge on any atom is -0.297 e. The zero-order valence-corrected chi connectivity index (χ0v) is 14.6. The Bertz CT molecular complexity index is 996. The molecule has 6 nitrogen and oxygen atoms in total. The van der Waals surface area contributed by atoms with E-state index in [1.165, 1.54) is 0 Å². The van der Waals surface area contributed by atoms with Crippen LogP contribution in [-0.2, 0) is 0 Å². The van der Waals surface area contributed by atoms with Gasteiger partial charge < -0.3 is 0 Å². The van der Waals surface area contributed by atoms with Crippen LogP contribution >= 0.6 is 0 Å². The minimum absolute atomic E-state index is 0.0566. The van der Waals surface area contributed by atoms with Crippen molar-refractivity contribution in [2.45, 2.75) is 13.8 Å². The Morgan fingerprint density at radius 3 is 1.15 bits per heavy atom. The summed E-state index contributed by atoms with van der Waals surface area (Å²) < 4.78 is 0. The highest BCUT2D eigenvalue weighted by molar-refractivity contribution is 5.62. The fourth-order valence-electron chi connectivity index (χ4n) is 2.63. The van der Waals surface area contributed by atoms with Crippen LogP contribution in [0.5, 0.6) is 0 Å². The van der Waals surface area contributed by atoms with E-state index >= 15 is 0 Å². The molecule has 6 heteroatoms. The second-order valence-corrected chi connectivity index (χ2v) is 5.89. The molecule has 0 aliphatic rings. The Kier molecular flexibility index (Phi) is 5.03. The molecule has 0 fully saturated rings. The summed E-state index contributed by atoms with van der Waals surface area (Å²) in [6, 6.07) is 19.5. The van der Waals surface area contributed by atoms with E-state index in [4.69, 9.17) is 0 Å². The summed E-state index contributed by atoms with van der Waals surface area (Å²) in [4.78, 5) is 22.3. The second-order valence-electron chi connectivity index (χ2n) is 5.89. The quantitative estimate of drug-likeness (QED) is 0.447. The topological polar surface area (TPSA) is 97.3 Å². The van der Waals surface area contributed by atoms with E-state index in [1.807, 2.05) is 60.7 Å². The van der Waals surface area contributed by atoms with E-state index in [0.717, 1.165) is 33.6 Å². The average molecular weight is 348 g/mol. The molecule has 2 aromatic carbocycles.